The van der Waals surface area contributed by atoms with Crippen molar-refractivity contribution in [2.24, 2.45) is 0 Å². The number of hydrogen-bond acceptors (Lipinski definition) is 3. The topological polar surface area (TPSA) is 29.5 Å². The first-order valence-electron chi connectivity index (χ1n) is 4.90. The Hall–Kier alpha value is -1.42. The summed E-state index contributed by atoms with van der Waals surface area (Å²) in [5.41, 5.74) is 0.350. The summed E-state index contributed by atoms with van der Waals surface area (Å²) in [5.74, 6) is -0.826. The smallest absolute Gasteiger partial charge is 0.357 e. The summed E-state index contributed by atoms with van der Waals surface area (Å²) in [5, 5.41) is 1.53. The number of benzene rings is 1. The van der Waals surface area contributed by atoms with Crippen molar-refractivity contribution in [3.63, 3.8) is 0 Å². The Labute approximate surface area is 88.4 Å². The predicted molar refractivity (Wildman–Crippen MR) is 54.7 cm³/mol. The fourth-order valence-electron chi connectivity index (χ4n) is 1.11. The SMILES string of the molecule is CCN(CC)OC(=O)c1ccc(F)cc1. The molecule has 0 spiro atoms. The first-order chi connectivity index (χ1) is 7.17. The molecule has 1 rings (SSSR count). The third-order valence-electron chi connectivity index (χ3n) is 2.00. The van der Waals surface area contributed by atoms with Crippen molar-refractivity contribution in [2.75, 3.05) is 13.1 Å². The van der Waals surface area contributed by atoms with Gasteiger partial charge in [-0.05, 0) is 38.1 Å². The van der Waals surface area contributed by atoms with Crippen LogP contribution in [0.4, 0.5) is 4.39 Å². The molecular weight excluding hydrogens is 197 g/mol. The van der Waals surface area contributed by atoms with Gasteiger partial charge in [0.25, 0.3) is 0 Å². The van der Waals surface area contributed by atoms with E-state index in [4.69, 9.17) is 4.84 Å². The minimum atomic E-state index is -0.460. The molecule has 0 aliphatic rings. The van der Waals surface area contributed by atoms with Gasteiger partial charge in [-0.25, -0.2) is 9.18 Å². The highest BCUT2D eigenvalue weighted by atomic mass is 19.1. The normalized spacial score (nSPS) is 10.4. The minimum absolute atomic E-state index is 0.350. The highest BCUT2D eigenvalue weighted by Crippen LogP contribution is 2.05. The molecule has 0 bridgehead atoms. The molecule has 0 radical (unpaired) electrons. The fourth-order valence-corrected chi connectivity index (χ4v) is 1.11. The van der Waals surface area contributed by atoms with Crippen LogP contribution in [0.25, 0.3) is 0 Å². The van der Waals surface area contributed by atoms with E-state index in [1.807, 2.05) is 13.8 Å². The third kappa shape index (κ3) is 3.32. The fraction of sp³-hybridized carbons (Fsp3) is 0.364. The van der Waals surface area contributed by atoms with E-state index < -0.39 is 5.97 Å². The van der Waals surface area contributed by atoms with Gasteiger partial charge in [0.05, 0.1) is 5.56 Å². The number of carbonyl (C=O) groups is 1. The summed E-state index contributed by atoms with van der Waals surface area (Å²) >= 11 is 0. The highest BCUT2D eigenvalue weighted by molar-refractivity contribution is 5.89. The molecule has 0 unspecified atom stereocenters. The average molecular weight is 211 g/mol. The minimum Gasteiger partial charge on any atom is -0.364 e. The number of carbonyl (C=O) groups excluding carboxylic acids is 1. The van der Waals surface area contributed by atoms with E-state index in [2.05, 4.69) is 0 Å². The summed E-state index contributed by atoms with van der Waals surface area (Å²) in [7, 11) is 0. The van der Waals surface area contributed by atoms with Gasteiger partial charge in [-0.3, -0.25) is 0 Å². The number of hydroxylamine groups is 2. The Balaban J connectivity index is 2.64. The highest BCUT2D eigenvalue weighted by Gasteiger charge is 2.10. The van der Waals surface area contributed by atoms with Crippen LogP contribution in [0.1, 0.15) is 24.2 Å². The molecule has 0 fully saturated rings. The Morgan fingerprint density at radius 2 is 1.80 bits per heavy atom. The van der Waals surface area contributed by atoms with Crippen LogP contribution < -0.4 is 0 Å². The monoisotopic (exact) mass is 211 g/mol. The van der Waals surface area contributed by atoms with Crippen LogP contribution in [-0.2, 0) is 4.84 Å². The quantitative estimate of drug-likeness (QED) is 0.715. The van der Waals surface area contributed by atoms with Crippen LogP contribution in [0.5, 0.6) is 0 Å². The van der Waals surface area contributed by atoms with Crippen molar-refractivity contribution in [3.05, 3.63) is 35.6 Å². The van der Waals surface area contributed by atoms with E-state index in [1.54, 1.807) is 0 Å². The maximum absolute atomic E-state index is 12.6. The van der Waals surface area contributed by atoms with Gasteiger partial charge in [0, 0.05) is 13.1 Å². The van der Waals surface area contributed by atoms with E-state index in [1.165, 1.54) is 29.3 Å². The average Bonchev–Trinajstić information content (AvgIpc) is 2.26. The molecule has 1 aromatic carbocycles. The van der Waals surface area contributed by atoms with E-state index in [-0.39, 0.29) is 5.82 Å². The van der Waals surface area contributed by atoms with Gasteiger partial charge >= 0.3 is 5.97 Å². The van der Waals surface area contributed by atoms with Gasteiger partial charge < -0.3 is 4.84 Å². The molecule has 15 heavy (non-hydrogen) atoms. The molecule has 82 valence electrons. The standard InChI is InChI=1S/C11H14FNO2/c1-3-13(4-2)15-11(14)9-5-7-10(12)8-6-9/h5-8H,3-4H2,1-2H3. The molecule has 1 aromatic rings. The Morgan fingerprint density at radius 3 is 2.27 bits per heavy atom. The van der Waals surface area contributed by atoms with Crippen LogP contribution in [0.15, 0.2) is 24.3 Å². The van der Waals surface area contributed by atoms with E-state index >= 15 is 0 Å². The molecule has 0 N–H and O–H groups in total. The van der Waals surface area contributed by atoms with Crippen molar-refractivity contribution >= 4 is 5.97 Å². The number of rotatable bonds is 4. The molecule has 0 saturated carbocycles. The van der Waals surface area contributed by atoms with Gasteiger partial charge in [0.15, 0.2) is 0 Å². The van der Waals surface area contributed by atoms with Crippen molar-refractivity contribution in [3.8, 4) is 0 Å². The van der Waals surface area contributed by atoms with Gasteiger partial charge in [-0.15, -0.1) is 5.06 Å². The van der Waals surface area contributed by atoms with Crippen molar-refractivity contribution in [1.82, 2.24) is 5.06 Å². The summed E-state index contributed by atoms with van der Waals surface area (Å²) in [4.78, 5) is 16.5. The second-order valence-electron chi connectivity index (χ2n) is 3.00. The summed E-state index contributed by atoms with van der Waals surface area (Å²) in [6.45, 7) is 5.04. The molecule has 0 heterocycles. The zero-order valence-electron chi connectivity index (χ0n) is 8.87. The van der Waals surface area contributed by atoms with E-state index in [9.17, 15) is 9.18 Å². The maximum Gasteiger partial charge on any atom is 0.357 e. The lowest BCUT2D eigenvalue weighted by Gasteiger charge is -2.16. The number of nitrogens with zero attached hydrogens (tertiary/aromatic N) is 1. The van der Waals surface area contributed by atoms with E-state index in [0.717, 1.165) is 0 Å². The molecule has 0 aliphatic heterocycles. The summed E-state index contributed by atoms with van der Waals surface area (Å²) in [6.07, 6.45) is 0. The molecule has 3 nitrogen and oxygen atoms in total. The molecule has 0 aliphatic carbocycles. The van der Waals surface area contributed by atoms with Crippen molar-refractivity contribution in [1.29, 1.82) is 0 Å². The van der Waals surface area contributed by atoms with Gasteiger partial charge in [-0.1, -0.05) is 0 Å². The lowest BCUT2D eigenvalue weighted by Crippen LogP contribution is -2.26. The first-order valence-corrected chi connectivity index (χ1v) is 4.90. The maximum atomic E-state index is 12.6. The van der Waals surface area contributed by atoms with Gasteiger partial charge in [-0.2, -0.15) is 0 Å². The number of halogens is 1. The predicted octanol–water partition coefficient (Wildman–Crippen LogP) is 2.24. The summed E-state index contributed by atoms with van der Waals surface area (Å²) < 4.78 is 12.6. The molecular formula is C11H14FNO2. The zero-order valence-corrected chi connectivity index (χ0v) is 8.87. The zero-order chi connectivity index (χ0) is 11.3. The lowest BCUT2D eigenvalue weighted by atomic mass is 10.2. The van der Waals surface area contributed by atoms with Crippen LogP contribution in [0, 0.1) is 5.82 Å². The number of hydrogen-bond donors (Lipinski definition) is 0. The van der Waals surface area contributed by atoms with Gasteiger partial charge in [0.1, 0.15) is 5.82 Å². The second-order valence-corrected chi connectivity index (χ2v) is 3.00. The molecule has 4 heteroatoms. The Bertz CT molecular complexity index is 320. The first kappa shape index (κ1) is 11.7. The van der Waals surface area contributed by atoms with Gasteiger partial charge in [0.2, 0.25) is 0 Å². The van der Waals surface area contributed by atoms with E-state index in [0.29, 0.717) is 18.7 Å². The van der Waals surface area contributed by atoms with Crippen LogP contribution in [0.3, 0.4) is 0 Å². The summed E-state index contributed by atoms with van der Waals surface area (Å²) in [6, 6.07) is 5.28. The van der Waals surface area contributed by atoms with Crippen LogP contribution in [0.2, 0.25) is 0 Å². The Kier molecular flexibility index (Phi) is 4.24. The third-order valence-corrected chi connectivity index (χ3v) is 2.00. The van der Waals surface area contributed by atoms with Crippen molar-refractivity contribution in [2.45, 2.75) is 13.8 Å². The Morgan fingerprint density at radius 1 is 1.27 bits per heavy atom. The largest absolute Gasteiger partial charge is 0.364 e. The molecule has 0 atom stereocenters. The van der Waals surface area contributed by atoms with Crippen LogP contribution >= 0.6 is 0 Å². The molecule has 0 aromatic heterocycles. The van der Waals surface area contributed by atoms with Crippen LogP contribution in [-0.4, -0.2) is 24.1 Å². The lowest BCUT2D eigenvalue weighted by molar-refractivity contribution is -0.103. The molecule has 0 saturated heterocycles. The van der Waals surface area contributed by atoms with Crippen molar-refractivity contribution < 1.29 is 14.0 Å². The second kappa shape index (κ2) is 5.46. The molecule has 0 amide bonds.